The summed E-state index contributed by atoms with van der Waals surface area (Å²) in [7, 11) is 0. The average Bonchev–Trinajstić information content (AvgIpc) is 2.64. The number of amides is 2. The molecule has 2 rings (SSSR count). The minimum atomic E-state index is -0.224. The first-order valence-corrected chi connectivity index (χ1v) is 6.55. The fourth-order valence-corrected chi connectivity index (χ4v) is 1.96. The Morgan fingerprint density at radius 2 is 1.63 bits per heavy atom. The third-order valence-corrected chi connectivity index (χ3v) is 3.54. The van der Waals surface area contributed by atoms with Gasteiger partial charge < -0.3 is 4.74 Å². The third kappa shape index (κ3) is 2.68. The molecule has 0 spiro atoms. The summed E-state index contributed by atoms with van der Waals surface area (Å²) in [4.78, 5) is 25.4. The maximum atomic E-state index is 12.1. The number of benzene rings is 1. The van der Waals surface area contributed by atoms with Gasteiger partial charge in [0.25, 0.3) is 11.8 Å². The van der Waals surface area contributed by atoms with Crippen molar-refractivity contribution in [1.29, 1.82) is 0 Å². The molecule has 1 aromatic carbocycles. The zero-order valence-corrected chi connectivity index (χ0v) is 11.6. The van der Waals surface area contributed by atoms with E-state index in [2.05, 4.69) is 0 Å². The fourth-order valence-electron chi connectivity index (χ4n) is 1.96. The van der Waals surface area contributed by atoms with Gasteiger partial charge in [0.15, 0.2) is 0 Å². The van der Waals surface area contributed by atoms with Crippen LogP contribution in [0.15, 0.2) is 24.3 Å². The predicted octanol–water partition coefficient (Wildman–Crippen LogP) is 2.49. The Morgan fingerprint density at radius 3 is 2.11 bits per heavy atom. The van der Waals surface area contributed by atoms with Gasteiger partial charge in [0.2, 0.25) is 0 Å². The molecule has 102 valence electrons. The Morgan fingerprint density at radius 1 is 1.11 bits per heavy atom. The molecule has 2 amide bonds. The second-order valence-corrected chi connectivity index (χ2v) is 5.27. The molecule has 4 heteroatoms. The summed E-state index contributed by atoms with van der Waals surface area (Å²) < 4.78 is 5.69. The van der Waals surface area contributed by atoms with Crippen LogP contribution in [0.2, 0.25) is 0 Å². The highest BCUT2D eigenvalue weighted by Crippen LogP contribution is 2.22. The quantitative estimate of drug-likeness (QED) is 0.765. The number of hydrogen-bond acceptors (Lipinski definition) is 3. The van der Waals surface area contributed by atoms with E-state index in [0.717, 1.165) is 6.42 Å². The Balaban J connectivity index is 2.01. The standard InChI is InChI=1S/C15H19NO3/c1-4-15(2,3)19-10-9-16-13(17)11-7-5-6-8-12(11)14(16)18/h5-8H,4,9-10H2,1-3H3. The minimum Gasteiger partial charge on any atom is -0.374 e. The Bertz CT molecular complexity index is 473. The minimum absolute atomic E-state index is 0.224. The zero-order chi connectivity index (χ0) is 14.0. The van der Waals surface area contributed by atoms with Crippen LogP contribution in [0, 0.1) is 0 Å². The molecule has 0 aliphatic carbocycles. The highest BCUT2D eigenvalue weighted by atomic mass is 16.5. The van der Waals surface area contributed by atoms with Gasteiger partial charge in [-0.1, -0.05) is 19.1 Å². The Kier molecular flexibility index (Phi) is 3.71. The molecule has 0 N–H and O–H groups in total. The molecular formula is C15H19NO3. The number of carbonyl (C=O) groups is 2. The first-order chi connectivity index (χ1) is 8.96. The summed E-state index contributed by atoms with van der Waals surface area (Å²) in [5, 5.41) is 0. The van der Waals surface area contributed by atoms with Crippen LogP contribution in [0.3, 0.4) is 0 Å². The molecule has 0 saturated carbocycles. The van der Waals surface area contributed by atoms with Crippen LogP contribution >= 0.6 is 0 Å². The molecule has 0 radical (unpaired) electrons. The summed E-state index contributed by atoms with van der Waals surface area (Å²) in [5.74, 6) is -0.447. The van der Waals surface area contributed by atoms with Gasteiger partial charge in [-0.05, 0) is 32.4 Å². The average molecular weight is 261 g/mol. The molecule has 4 nitrogen and oxygen atoms in total. The monoisotopic (exact) mass is 261 g/mol. The topological polar surface area (TPSA) is 46.6 Å². The van der Waals surface area contributed by atoms with Crippen LogP contribution in [0.1, 0.15) is 47.9 Å². The van der Waals surface area contributed by atoms with E-state index in [1.807, 2.05) is 20.8 Å². The van der Waals surface area contributed by atoms with Gasteiger partial charge in [-0.25, -0.2) is 0 Å². The van der Waals surface area contributed by atoms with Crippen molar-refractivity contribution in [3.8, 4) is 0 Å². The van der Waals surface area contributed by atoms with Crippen LogP contribution in [0.4, 0.5) is 0 Å². The summed E-state index contributed by atoms with van der Waals surface area (Å²) in [6.07, 6.45) is 0.884. The molecule has 0 fully saturated rings. The van der Waals surface area contributed by atoms with Crippen molar-refractivity contribution in [2.75, 3.05) is 13.2 Å². The number of hydrogen-bond donors (Lipinski definition) is 0. The molecule has 19 heavy (non-hydrogen) atoms. The number of ether oxygens (including phenoxy) is 1. The van der Waals surface area contributed by atoms with E-state index in [-0.39, 0.29) is 17.4 Å². The van der Waals surface area contributed by atoms with Gasteiger partial charge >= 0.3 is 0 Å². The van der Waals surface area contributed by atoms with Crippen molar-refractivity contribution in [3.05, 3.63) is 35.4 Å². The van der Waals surface area contributed by atoms with E-state index in [4.69, 9.17) is 4.74 Å². The van der Waals surface area contributed by atoms with Crippen LogP contribution < -0.4 is 0 Å². The fraction of sp³-hybridized carbons (Fsp3) is 0.467. The molecule has 1 aliphatic heterocycles. The normalized spacial score (nSPS) is 15.0. The highest BCUT2D eigenvalue weighted by molar-refractivity contribution is 6.21. The number of rotatable bonds is 5. The van der Waals surface area contributed by atoms with Gasteiger partial charge in [-0.3, -0.25) is 14.5 Å². The first-order valence-electron chi connectivity index (χ1n) is 6.55. The Hall–Kier alpha value is -1.68. The smallest absolute Gasteiger partial charge is 0.261 e. The lowest BCUT2D eigenvalue weighted by Crippen LogP contribution is -2.35. The predicted molar refractivity (Wildman–Crippen MR) is 72.1 cm³/mol. The zero-order valence-electron chi connectivity index (χ0n) is 11.6. The summed E-state index contributed by atoms with van der Waals surface area (Å²) in [5.41, 5.74) is 0.753. The summed E-state index contributed by atoms with van der Waals surface area (Å²) in [6, 6.07) is 6.91. The van der Waals surface area contributed by atoms with Crippen molar-refractivity contribution in [1.82, 2.24) is 4.90 Å². The molecule has 0 atom stereocenters. The van der Waals surface area contributed by atoms with Crippen molar-refractivity contribution in [3.63, 3.8) is 0 Å². The van der Waals surface area contributed by atoms with E-state index in [1.165, 1.54) is 4.90 Å². The van der Waals surface area contributed by atoms with Crippen LogP contribution in [-0.2, 0) is 4.74 Å². The van der Waals surface area contributed by atoms with Gasteiger partial charge in [-0.2, -0.15) is 0 Å². The molecule has 1 heterocycles. The Labute approximate surface area is 113 Å². The lowest BCUT2D eigenvalue weighted by atomic mass is 10.1. The number of nitrogens with zero attached hydrogens (tertiary/aromatic N) is 1. The molecule has 1 aromatic rings. The number of imide groups is 1. The second kappa shape index (κ2) is 5.13. The molecule has 1 aliphatic rings. The molecular weight excluding hydrogens is 242 g/mol. The SMILES string of the molecule is CCC(C)(C)OCCN1C(=O)c2ccccc2C1=O. The molecule has 0 unspecified atom stereocenters. The van der Waals surface area contributed by atoms with Gasteiger partial charge in [-0.15, -0.1) is 0 Å². The largest absolute Gasteiger partial charge is 0.374 e. The van der Waals surface area contributed by atoms with Crippen molar-refractivity contribution < 1.29 is 14.3 Å². The first kappa shape index (κ1) is 13.7. The molecule has 0 saturated heterocycles. The van der Waals surface area contributed by atoms with E-state index < -0.39 is 0 Å². The van der Waals surface area contributed by atoms with E-state index in [0.29, 0.717) is 24.3 Å². The maximum Gasteiger partial charge on any atom is 0.261 e. The van der Waals surface area contributed by atoms with E-state index in [9.17, 15) is 9.59 Å². The summed E-state index contributed by atoms with van der Waals surface area (Å²) in [6.45, 7) is 6.70. The van der Waals surface area contributed by atoms with Crippen LogP contribution in [-0.4, -0.2) is 35.5 Å². The van der Waals surface area contributed by atoms with Crippen LogP contribution in [0.25, 0.3) is 0 Å². The number of carbonyl (C=O) groups excluding carboxylic acids is 2. The lowest BCUT2D eigenvalue weighted by Gasteiger charge is -2.24. The number of fused-ring (bicyclic) bond motifs is 1. The third-order valence-electron chi connectivity index (χ3n) is 3.54. The maximum absolute atomic E-state index is 12.1. The van der Waals surface area contributed by atoms with E-state index >= 15 is 0 Å². The van der Waals surface area contributed by atoms with Gasteiger partial charge in [0, 0.05) is 0 Å². The van der Waals surface area contributed by atoms with E-state index in [1.54, 1.807) is 24.3 Å². The molecule has 0 aromatic heterocycles. The van der Waals surface area contributed by atoms with Crippen molar-refractivity contribution >= 4 is 11.8 Å². The van der Waals surface area contributed by atoms with Crippen LogP contribution in [0.5, 0.6) is 0 Å². The van der Waals surface area contributed by atoms with Gasteiger partial charge in [0.05, 0.1) is 29.9 Å². The van der Waals surface area contributed by atoms with Crippen molar-refractivity contribution in [2.24, 2.45) is 0 Å². The van der Waals surface area contributed by atoms with Gasteiger partial charge in [0.1, 0.15) is 0 Å². The molecule has 0 bridgehead atoms. The highest BCUT2D eigenvalue weighted by Gasteiger charge is 2.34. The second-order valence-electron chi connectivity index (χ2n) is 5.27. The van der Waals surface area contributed by atoms with Crippen molar-refractivity contribution in [2.45, 2.75) is 32.8 Å². The summed E-state index contributed by atoms with van der Waals surface area (Å²) >= 11 is 0. The lowest BCUT2D eigenvalue weighted by molar-refractivity contribution is -0.0253.